The number of piperazine rings is 1. The third kappa shape index (κ3) is 3.04. The van der Waals surface area contributed by atoms with Gasteiger partial charge in [-0.25, -0.2) is 0 Å². The Kier molecular flexibility index (Phi) is 2.08. The molecule has 0 aromatic heterocycles. The van der Waals surface area contributed by atoms with E-state index in [1.54, 1.807) is 0 Å². The van der Waals surface area contributed by atoms with Gasteiger partial charge in [0.05, 0.1) is 27.9 Å². The molecule has 0 aliphatic carbocycles. The third-order valence-corrected chi connectivity index (χ3v) is 4.45. The fourth-order valence-corrected chi connectivity index (χ4v) is 2.34. The van der Waals surface area contributed by atoms with Gasteiger partial charge < -0.3 is 19.1 Å². The molecule has 0 atom stereocenters. The zero-order valence-electron chi connectivity index (χ0n) is 25.0. The number of anilines is 1. The maximum Gasteiger partial charge on any atom is 0.494 e. The van der Waals surface area contributed by atoms with Crippen molar-refractivity contribution in [1.29, 1.82) is 5.26 Å². The normalized spacial score (nSPS) is 39.0. The van der Waals surface area contributed by atoms with Crippen LogP contribution in [0.15, 0.2) is 18.2 Å². The summed E-state index contributed by atoms with van der Waals surface area (Å²) in [7, 11) is -0.903. The van der Waals surface area contributed by atoms with Gasteiger partial charge in [0.15, 0.2) is 0 Å². The lowest BCUT2D eigenvalue weighted by molar-refractivity contribution is 0.00578. The molecule has 0 amide bonds. The molecule has 3 rings (SSSR count). The second kappa shape index (κ2) is 6.07. The molecule has 2 aliphatic heterocycles. The Morgan fingerprint density at radius 3 is 2.33 bits per heavy atom. The van der Waals surface area contributed by atoms with Crippen LogP contribution in [0.4, 0.5) is 5.69 Å². The Labute approximate surface area is 160 Å². The van der Waals surface area contributed by atoms with Crippen LogP contribution in [0.3, 0.4) is 0 Å². The van der Waals surface area contributed by atoms with Crippen molar-refractivity contribution < 1.29 is 24.4 Å². The molecule has 2 saturated heterocycles. The Morgan fingerprint density at radius 1 is 1.17 bits per heavy atom. The van der Waals surface area contributed by atoms with Crippen LogP contribution in [-0.4, -0.2) is 56.2 Å². The summed E-state index contributed by atoms with van der Waals surface area (Å²) in [5.41, 5.74) is -1.80. The van der Waals surface area contributed by atoms with Gasteiger partial charge in [-0.2, -0.15) is 5.26 Å². The molecule has 128 valence electrons. The van der Waals surface area contributed by atoms with Gasteiger partial charge in [0.2, 0.25) is 0 Å². The quantitative estimate of drug-likeness (QED) is 0.767. The van der Waals surface area contributed by atoms with Crippen molar-refractivity contribution in [3.05, 3.63) is 23.8 Å². The Hall–Kier alpha value is -1.55. The summed E-state index contributed by atoms with van der Waals surface area (Å²) in [4.78, 5) is -0.247. The highest BCUT2D eigenvalue weighted by Crippen LogP contribution is 2.36. The first-order chi connectivity index (χ1) is 15.5. The minimum Gasteiger partial charge on any atom is -0.399 e. The minimum absolute atomic E-state index is 0.162. The summed E-state index contributed by atoms with van der Waals surface area (Å²) < 4.78 is 101. The minimum atomic E-state index is -3.54. The van der Waals surface area contributed by atoms with Gasteiger partial charge in [-0.05, 0) is 52.3 Å². The molecule has 1 aromatic rings. The van der Waals surface area contributed by atoms with Gasteiger partial charge in [0, 0.05) is 35.6 Å². The van der Waals surface area contributed by atoms with Crippen molar-refractivity contribution in [2.24, 2.45) is 0 Å². The summed E-state index contributed by atoms with van der Waals surface area (Å²) in [6.45, 7) is -10.1. The van der Waals surface area contributed by atoms with Crippen LogP contribution in [0.5, 0.6) is 0 Å². The molecule has 0 radical (unpaired) electrons. The zero-order chi connectivity index (χ0) is 27.2. The highest BCUT2D eigenvalue weighted by atomic mass is 16.7. The molecule has 2 heterocycles. The number of nitriles is 1. The lowest BCUT2D eigenvalue weighted by Gasteiger charge is -2.34. The summed E-state index contributed by atoms with van der Waals surface area (Å²) >= 11 is 0. The number of rotatable bonds is 2. The highest BCUT2D eigenvalue weighted by molar-refractivity contribution is 6.62. The van der Waals surface area contributed by atoms with Crippen molar-refractivity contribution in [2.45, 2.75) is 38.9 Å². The summed E-state index contributed by atoms with van der Waals surface area (Å²) in [5, 5.41) is 9.81. The highest BCUT2D eigenvalue weighted by Gasteiger charge is 2.51. The molecule has 24 heavy (non-hydrogen) atoms. The molecule has 2 aliphatic rings. The predicted molar refractivity (Wildman–Crippen MR) is 96.6 cm³/mol. The van der Waals surface area contributed by atoms with Crippen LogP contribution >= 0.6 is 0 Å². The Morgan fingerprint density at radius 2 is 1.79 bits per heavy atom. The van der Waals surface area contributed by atoms with E-state index in [1.807, 2.05) is 33.8 Å². The van der Waals surface area contributed by atoms with Crippen molar-refractivity contribution >= 4 is 18.3 Å². The van der Waals surface area contributed by atoms with E-state index in [1.165, 1.54) is 12.1 Å². The van der Waals surface area contributed by atoms with Crippen molar-refractivity contribution in [2.75, 3.05) is 37.9 Å². The average molecular weight is 338 g/mol. The number of hydrogen-bond donors (Lipinski definition) is 0. The second-order valence-corrected chi connectivity index (χ2v) is 6.59. The van der Waals surface area contributed by atoms with Crippen LogP contribution in [0, 0.1) is 11.3 Å². The topological polar surface area (TPSA) is 48.7 Å². The molecule has 5 nitrogen and oxygen atoms in total. The molecular formula is C18H26BN3O2. The van der Waals surface area contributed by atoms with Gasteiger partial charge in [-0.1, -0.05) is 6.07 Å². The SMILES string of the molecule is [2H]C([2H])([2H])N1C([2H])([2H])C([2H])([2H])N(c2ccc(B3OC(C)(C)C(C)(C)O3)cc2C#N)C([2H])([2H])C1([2H])[2H]. The number of benzene rings is 1. The van der Waals surface area contributed by atoms with E-state index in [4.69, 9.17) is 24.4 Å². The van der Waals surface area contributed by atoms with Crippen molar-refractivity contribution in [3.63, 3.8) is 0 Å². The fraction of sp³-hybridized carbons (Fsp3) is 0.611. The van der Waals surface area contributed by atoms with Gasteiger partial charge in [-0.15, -0.1) is 0 Å². The molecule has 0 bridgehead atoms. The zero-order valence-corrected chi connectivity index (χ0v) is 14.0. The Balaban J connectivity index is 2.18. The van der Waals surface area contributed by atoms with E-state index in [9.17, 15) is 5.26 Å². The van der Waals surface area contributed by atoms with E-state index >= 15 is 0 Å². The summed E-state index contributed by atoms with van der Waals surface area (Å²) in [6, 6.07) is 5.61. The van der Waals surface area contributed by atoms with Crippen molar-refractivity contribution in [1.82, 2.24) is 4.90 Å². The predicted octanol–water partition coefficient (Wildman–Crippen LogP) is 1.61. The maximum atomic E-state index is 9.81. The van der Waals surface area contributed by atoms with Crippen LogP contribution in [-0.2, 0) is 9.31 Å². The largest absolute Gasteiger partial charge is 0.494 e. The first-order valence-electron chi connectivity index (χ1n) is 13.0. The third-order valence-electron chi connectivity index (χ3n) is 4.45. The van der Waals surface area contributed by atoms with Gasteiger partial charge >= 0.3 is 7.12 Å². The number of nitrogens with zero attached hydrogens (tertiary/aromatic N) is 3. The van der Waals surface area contributed by atoms with E-state index < -0.39 is 61.9 Å². The molecule has 0 saturated carbocycles. The fourth-order valence-electron chi connectivity index (χ4n) is 2.34. The average Bonchev–Trinajstić information content (AvgIpc) is 2.86. The van der Waals surface area contributed by atoms with E-state index in [-0.39, 0.29) is 10.5 Å². The van der Waals surface area contributed by atoms with Crippen LogP contribution in [0.1, 0.15) is 48.3 Å². The first-order valence-corrected chi connectivity index (χ1v) is 7.47. The summed E-state index contributed by atoms with van der Waals surface area (Å²) in [6.07, 6.45) is 0. The monoisotopic (exact) mass is 338 g/mol. The van der Waals surface area contributed by atoms with E-state index in [0.29, 0.717) is 5.46 Å². The second-order valence-electron chi connectivity index (χ2n) is 6.59. The first kappa shape index (κ1) is 8.22. The molecule has 6 heteroatoms. The molecule has 0 N–H and O–H groups in total. The summed E-state index contributed by atoms with van der Waals surface area (Å²) in [5.74, 6) is 0. The molecule has 1 aromatic carbocycles. The van der Waals surface area contributed by atoms with Gasteiger partial charge in [0.25, 0.3) is 0 Å². The smallest absolute Gasteiger partial charge is 0.399 e. The molecule has 0 spiro atoms. The van der Waals surface area contributed by atoms with Crippen LogP contribution < -0.4 is 10.4 Å². The van der Waals surface area contributed by atoms with E-state index in [2.05, 4.69) is 0 Å². The molecule has 2 fully saturated rings. The van der Waals surface area contributed by atoms with Crippen LogP contribution in [0.25, 0.3) is 0 Å². The lowest BCUT2D eigenvalue weighted by atomic mass is 9.78. The lowest BCUT2D eigenvalue weighted by Crippen LogP contribution is -2.45. The molecule has 0 unspecified atom stereocenters. The molecular weight excluding hydrogens is 301 g/mol. The van der Waals surface area contributed by atoms with Gasteiger partial charge in [-0.3, -0.25) is 0 Å². The van der Waals surface area contributed by atoms with Crippen LogP contribution in [0.2, 0.25) is 0 Å². The van der Waals surface area contributed by atoms with Crippen molar-refractivity contribution in [3.8, 4) is 6.07 Å². The number of hydrogen-bond acceptors (Lipinski definition) is 5. The standard InChI is InChI=1S/C18H26BN3O2/c1-17(2)18(3,4)24-19(23-17)15-6-7-16(14(12-15)13-20)22-10-8-21(5)9-11-22/h6-7,12H,8-11H2,1-5H3/i5D3,8D2,9D2,10D2,11D2. The van der Waals surface area contributed by atoms with Gasteiger partial charge in [0.1, 0.15) is 6.07 Å². The number of likely N-dealkylation sites (N-methyl/N-ethyl adjacent to an activating group) is 1. The maximum absolute atomic E-state index is 9.81. The van der Waals surface area contributed by atoms with E-state index in [0.717, 1.165) is 6.07 Å². The Bertz CT molecular complexity index is 1020.